The summed E-state index contributed by atoms with van der Waals surface area (Å²) in [5, 5.41) is 2.53. The zero-order valence-electron chi connectivity index (χ0n) is 80.0. The second kappa shape index (κ2) is 38.4. The third kappa shape index (κ3) is 17.4. The van der Waals surface area contributed by atoms with Crippen LogP contribution in [0.3, 0.4) is 0 Å². The van der Waals surface area contributed by atoms with Crippen LogP contribution in [0, 0.1) is 55.4 Å². The molecule has 0 bridgehead atoms. The average Bonchev–Trinajstić information content (AvgIpc) is 1.56. The summed E-state index contributed by atoms with van der Waals surface area (Å²) < 4.78 is 2.41. The number of rotatable bonds is 26. The van der Waals surface area contributed by atoms with Crippen molar-refractivity contribution in [3.8, 4) is 61.3 Å². The van der Waals surface area contributed by atoms with Crippen LogP contribution in [-0.4, -0.2) is 4.57 Å². The number of fused-ring (bicyclic) bond motifs is 14. The molecule has 658 valence electrons. The third-order valence-electron chi connectivity index (χ3n) is 29.8. The molecule has 1 heterocycles. The molecule has 0 saturated heterocycles. The van der Waals surface area contributed by atoms with E-state index >= 15 is 0 Å². The molecule has 21 rings (SSSR count). The van der Waals surface area contributed by atoms with Crippen LogP contribution < -0.4 is 4.90 Å². The number of benzene rings is 15. The Balaban J connectivity index is 0.000000128. The second-order valence-electron chi connectivity index (χ2n) is 39.3. The summed E-state index contributed by atoms with van der Waals surface area (Å²) >= 11 is 0. The van der Waals surface area contributed by atoms with Gasteiger partial charge in [-0.2, -0.15) is 0 Å². The Morgan fingerprint density at radius 1 is 0.313 bits per heavy atom. The van der Waals surface area contributed by atoms with Gasteiger partial charge in [0.1, 0.15) is 0 Å². The maximum absolute atomic E-state index is 3.93. The first-order valence-corrected chi connectivity index (χ1v) is 49.2. The topological polar surface area (TPSA) is 8.17 Å². The maximum Gasteiger partial charge on any atom is 0.0713 e. The summed E-state index contributed by atoms with van der Waals surface area (Å²) in [6.07, 6.45) is 29.4. The largest absolute Gasteiger partial charge is 0.310 e. The van der Waals surface area contributed by atoms with Crippen LogP contribution in [0.5, 0.6) is 0 Å². The van der Waals surface area contributed by atoms with Crippen LogP contribution in [0.1, 0.15) is 240 Å². The van der Waals surface area contributed by atoms with Crippen molar-refractivity contribution in [1.82, 2.24) is 4.57 Å². The lowest BCUT2D eigenvalue weighted by Crippen LogP contribution is -2.30. The van der Waals surface area contributed by atoms with Crippen molar-refractivity contribution in [2.75, 3.05) is 4.90 Å². The van der Waals surface area contributed by atoms with Crippen LogP contribution in [0.2, 0.25) is 0 Å². The quantitative estimate of drug-likeness (QED) is 0.0387. The molecule has 0 fully saturated rings. The number of anilines is 3. The predicted octanol–water partition coefficient (Wildman–Crippen LogP) is 35.2. The number of allylic oxidation sites excluding steroid dienone is 2. The molecule has 5 aliphatic rings. The first kappa shape index (κ1) is 89.0. The van der Waals surface area contributed by atoms with E-state index in [1.165, 1.54) is 299 Å². The Labute approximate surface area is 783 Å². The van der Waals surface area contributed by atoms with Crippen LogP contribution in [0.4, 0.5) is 17.1 Å². The van der Waals surface area contributed by atoms with E-state index in [1.54, 1.807) is 22.3 Å². The lowest BCUT2D eigenvalue weighted by Gasteiger charge is -2.37. The highest BCUT2D eigenvalue weighted by Gasteiger charge is 2.48. The Morgan fingerprint density at radius 3 is 1.24 bits per heavy atom. The molecular weight excluding hydrogens is 1580 g/mol. The van der Waals surface area contributed by atoms with E-state index in [9.17, 15) is 0 Å². The molecule has 2 heteroatoms. The standard InChI is InChI=1S/C53H42N2.C31H26.C25H30.C20H34/c1-35-30-36(2)32-44(31-35)55-51-17-11-9-15-47(51)48-33-40(22-29-52(48)55)39-20-25-42(26-21-39)54(41-23-18-38(19-24-41)37-12-6-5-7-13-37)43-27-28-46-45-14-8-10-16-49(45)53(3,4)50(46)34-43;1-19-3-13-27-28-14-4-20(2)16-30(28)31(29(27)15-19,25-11-9-21-5-7-23(21)17-25)26-12-10-22-6-8-24(22)18-26;1-5-7-9-15-25(16-10-8-6-2)23-17-19(3)11-13-21(23)22-14-12-20(4)18-24(22)25;1-5-7-9-11-13-19-15-18(4)20(16-17(19)3)14-12-10-8-6-2/h5-34H,1-4H3;3-4,9-18H,5-8H2,1-2H3;5-6,11-14,17-18H,1-2,7-10,15-16H2,3-4H3;15-16H,5-14H2,1-4H3. The first-order valence-electron chi connectivity index (χ1n) is 49.2. The third-order valence-corrected chi connectivity index (χ3v) is 29.8. The van der Waals surface area contributed by atoms with Gasteiger partial charge >= 0.3 is 0 Å². The monoisotopic (exact) mass is 1710 g/mol. The molecule has 0 unspecified atom stereocenters. The van der Waals surface area contributed by atoms with E-state index < -0.39 is 0 Å². The van der Waals surface area contributed by atoms with Crippen molar-refractivity contribution in [1.29, 1.82) is 0 Å². The fourth-order valence-corrected chi connectivity index (χ4v) is 22.7. The second-order valence-corrected chi connectivity index (χ2v) is 39.3. The molecule has 16 aromatic rings. The molecule has 0 spiro atoms. The number of aromatic nitrogens is 1. The predicted molar refractivity (Wildman–Crippen MR) is 563 cm³/mol. The van der Waals surface area contributed by atoms with E-state index in [-0.39, 0.29) is 16.2 Å². The summed E-state index contributed by atoms with van der Waals surface area (Å²) in [5.41, 5.74) is 51.9. The molecule has 0 amide bonds. The van der Waals surface area contributed by atoms with E-state index in [4.69, 9.17) is 0 Å². The summed E-state index contributed by atoms with van der Waals surface area (Å²) in [5.74, 6) is 0. The van der Waals surface area contributed by atoms with Crippen LogP contribution in [0.15, 0.2) is 329 Å². The van der Waals surface area contributed by atoms with Gasteiger partial charge in [0.25, 0.3) is 0 Å². The van der Waals surface area contributed by atoms with Gasteiger partial charge in [0.15, 0.2) is 0 Å². The SMILES string of the molecule is C=CCCCC1(CCCC=C)c2cc(C)ccc2-c2ccc(C)cc21.CCCCCCc1cc(C)c(CCCCCC)cc1C.Cc1cc(C)cc(-n2c3ccccc3c3cc(-c4ccc(N(c5ccc(-c6ccccc6)cc5)c5ccc6c(c5)C(C)(C)c5ccccc5-6)cc4)ccc32)c1.Cc1ccc2c(c1)C(c1ccc3c(c1)CC3)(c1ccc3c(c1)CC3)c1cc(C)ccc1-2. The summed E-state index contributed by atoms with van der Waals surface area (Å²) in [7, 11) is 0. The van der Waals surface area contributed by atoms with E-state index in [1.807, 2.05) is 0 Å². The molecular formula is C129H132N2. The van der Waals surface area contributed by atoms with Crippen molar-refractivity contribution in [3.05, 3.63) is 451 Å². The van der Waals surface area contributed by atoms with E-state index in [0.717, 1.165) is 29.9 Å². The molecule has 0 atom stereocenters. The Bertz CT molecular complexity index is 6670. The van der Waals surface area contributed by atoms with E-state index in [0.29, 0.717) is 0 Å². The molecule has 0 aliphatic heterocycles. The normalized spacial score (nSPS) is 13.6. The number of aryl methyl sites for hydroxylation is 14. The fraction of sp³-hybridized carbons (Fsp3) is 0.271. The van der Waals surface area contributed by atoms with Gasteiger partial charge in [-0.1, -0.05) is 337 Å². The molecule has 131 heavy (non-hydrogen) atoms. The molecule has 2 nitrogen and oxygen atoms in total. The van der Waals surface area contributed by atoms with Crippen LogP contribution in [-0.2, 0) is 54.8 Å². The zero-order chi connectivity index (χ0) is 90.7. The Morgan fingerprint density at radius 2 is 0.740 bits per heavy atom. The minimum absolute atomic E-state index is 0.0887. The summed E-state index contributed by atoms with van der Waals surface area (Å²) in [6, 6.07) is 115. The highest BCUT2D eigenvalue weighted by atomic mass is 15.1. The number of hydrogen-bond donors (Lipinski definition) is 0. The number of hydrogen-bond acceptors (Lipinski definition) is 1. The summed E-state index contributed by atoms with van der Waals surface area (Å²) in [4.78, 5) is 2.40. The smallest absolute Gasteiger partial charge is 0.0713 e. The van der Waals surface area contributed by atoms with Gasteiger partial charge in [0.2, 0.25) is 0 Å². The van der Waals surface area contributed by atoms with Gasteiger partial charge in [-0.05, 0) is 368 Å². The minimum atomic E-state index is -0.238. The zero-order valence-corrected chi connectivity index (χ0v) is 80.0. The van der Waals surface area contributed by atoms with Gasteiger partial charge in [-0.15, -0.1) is 13.2 Å². The maximum atomic E-state index is 3.93. The summed E-state index contributed by atoms with van der Waals surface area (Å²) in [6.45, 7) is 35.0. The van der Waals surface area contributed by atoms with Crippen molar-refractivity contribution in [2.24, 2.45) is 0 Å². The molecule has 1 aromatic heterocycles. The highest BCUT2D eigenvalue weighted by Crippen LogP contribution is 2.59. The molecule has 0 N–H and O–H groups in total. The van der Waals surface area contributed by atoms with Crippen molar-refractivity contribution in [2.45, 2.75) is 228 Å². The fourth-order valence-electron chi connectivity index (χ4n) is 22.7. The molecule has 5 aliphatic carbocycles. The van der Waals surface area contributed by atoms with Gasteiger partial charge in [-0.25, -0.2) is 0 Å². The van der Waals surface area contributed by atoms with Gasteiger partial charge < -0.3 is 9.47 Å². The highest BCUT2D eigenvalue weighted by molar-refractivity contribution is 6.10. The number of nitrogens with zero attached hydrogens (tertiary/aromatic N) is 2. The Hall–Kier alpha value is -12.6. The van der Waals surface area contributed by atoms with Crippen molar-refractivity contribution < 1.29 is 0 Å². The molecule has 0 saturated carbocycles. The number of para-hydroxylation sites is 1. The number of unbranched alkanes of at least 4 members (excludes halogenated alkanes) is 8. The average molecular weight is 1710 g/mol. The van der Waals surface area contributed by atoms with Gasteiger partial charge in [0, 0.05) is 44.4 Å². The molecule has 15 aromatic carbocycles. The first-order chi connectivity index (χ1) is 63.8. The Kier molecular flexibility index (Phi) is 26.1. The van der Waals surface area contributed by atoms with Crippen LogP contribution >= 0.6 is 0 Å². The molecule has 0 radical (unpaired) electrons. The van der Waals surface area contributed by atoms with Crippen LogP contribution in [0.25, 0.3) is 83.1 Å². The van der Waals surface area contributed by atoms with Gasteiger partial charge in [0.05, 0.1) is 16.4 Å². The van der Waals surface area contributed by atoms with Crippen molar-refractivity contribution >= 4 is 38.9 Å². The lowest BCUT2D eigenvalue weighted by atomic mass is 9.65. The lowest BCUT2D eigenvalue weighted by molar-refractivity contribution is 0.422. The minimum Gasteiger partial charge on any atom is -0.310 e. The van der Waals surface area contributed by atoms with Gasteiger partial charge in [-0.3, -0.25) is 0 Å². The van der Waals surface area contributed by atoms with E-state index in [2.05, 4.69) is 421 Å². The van der Waals surface area contributed by atoms with Crippen molar-refractivity contribution in [3.63, 3.8) is 0 Å².